The Balaban J connectivity index is 1.62. The van der Waals surface area contributed by atoms with Crippen molar-refractivity contribution >= 4 is 17.4 Å². The van der Waals surface area contributed by atoms with Gasteiger partial charge >= 0.3 is 0 Å². The van der Waals surface area contributed by atoms with E-state index in [1.165, 1.54) is 5.56 Å². The average molecular weight is 418 g/mol. The number of aromatic nitrogens is 2. The van der Waals surface area contributed by atoms with E-state index in [0.29, 0.717) is 17.9 Å². The van der Waals surface area contributed by atoms with Crippen LogP contribution < -0.4 is 10.6 Å². The molecule has 0 fully saturated rings. The molecule has 3 rings (SSSR count). The van der Waals surface area contributed by atoms with Crippen molar-refractivity contribution in [3.63, 3.8) is 0 Å². The third-order valence-corrected chi connectivity index (χ3v) is 5.21. The van der Waals surface area contributed by atoms with Crippen LogP contribution in [0.1, 0.15) is 36.2 Å². The van der Waals surface area contributed by atoms with Crippen molar-refractivity contribution in [2.75, 3.05) is 31.5 Å². The number of hydrogen-bond acceptors (Lipinski definition) is 5. The summed E-state index contributed by atoms with van der Waals surface area (Å²) in [6.07, 6.45) is 2.49. The maximum absolute atomic E-state index is 12.5. The van der Waals surface area contributed by atoms with Crippen molar-refractivity contribution in [1.82, 2.24) is 20.2 Å². The molecule has 6 heteroatoms. The zero-order chi connectivity index (χ0) is 22.1. The van der Waals surface area contributed by atoms with Crippen LogP contribution in [-0.2, 0) is 0 Å². The van der Waals surface area contributed by atoms with Gasteiger partial charge < -0.3 is 15.5 Å². The molecular weight excluding hydrogens is 386 g/mol. The molecule has 2 N–H and O–H groups in total. The van der Waals surface area contributed by atoms with Gasteiger partial charge in [0.15, 0.2) is 0 Å². The summed E-state index contributed by atoms with van der Waals surface area (Å²) in [5.74, 6) is 0.620. The van der Waals surface area contributed by atoms with E-state index >= 15 is 0 Å². The van der Waals surface area contributed by atoms with Crippen molar-refractivity contribution in [2.24, 2.45) is 0 Å². The van der Waals surface area contributed by atoms with E-state index in [9.17, 15) is 4.79 Å². The lowest BCUT2D eigenvalue weighted by atomic mass is 10.1. The Hall–Kier alpha value is -3.25. The molecule has 31 heavy (non-hydrogen) atoms. The van der Waals surface area contributed by atoms with Crippen molar-refractivity contribution in [2.45, 2.75) is 27.2 Å². The van der Waals surface area contributed by atoms with Gasteiger partial charge in [-0.1, -0.05) is 43.7 Å². The van der Waals surface area contributed by atoms with Crippen molar-refractivity contribution in [3.8, 4) is 11.3 Å². The van der Waals surface area contributed by atoms with Gasteiger partial charge in [-0.05, 0) is 57.2 Å². The van der Waals surface area contributed by atoms with Gasteiger partial charge in [-0.3, -0.25) is 4.79 Å². The van der Waals surface area contributed by atoms with E-state index in [-0.39, 0.29) is 5.91 Å². The van der Waals surface area contributed by atoms with Gasteiger partial charge in [0.05, 0.1) is 5.69 Å². The molecule has 3 aromatic rings. The lowest BCUT2D eigenvalue weighted by Gasteiger charge is -2.17. The Bertz CT molecular complexity index is 1000. The summed E-state index contributed by atoms with van der Waals surface area (Å²) in [5.41, 5.74) is 4.51. The summed E-state index contributed by atoms with van der Waals surface area (Å²) < 4.78 is 0. The fourth-order valence-corrected chi connectivity index (χ4v) is 3.42. The normalized spacial score (nSPS) is 10.8. The number of carbonyl (C=O) groups excluding carboxylic acids is 1. The zero-order valence-corrected chi connectivity index (χ0v) is 18.6. The summed E-state index contributed by atoms with van der Waals surface area (Å²) in [6.45, 7) is 10.1. The van der Waals surface area contributed by atoms with Crippen LogP contribution in [-0.4, -0.2) is 47.0 Å². The maximum Gasteiger partial charge on any atom is 0.251 e. The summed E-state index contributed by atoms with van der Waals surface area (Å²) in [4.78, 5) is 23.6. The van der Waals surface area contributed by atoms with E-state index in [1.807, 2.05) is 42.5 Å². The van der Waals surface area contributed by atoms with Crippen molar-refractivity contribution in [3.05, 3.63) is 72.1 Å². The van der Waals surface area contributed by atoms with Crippen molar-refractivity contribution in [1.29, 1.82) is 0 Å². The van der Waals surface area contributed by atoms with Crippen LogP contribution in [0.2, 0.25) is 0 Å². The Morgan fingerprint density at radius 3 is 2.58 bits per heavy atom. The fraction of sp³-hybridized carbons (Fsp3) is 0.320. The quantitative estimate of drug-likeness (QED) is 0.470. The van der Waals surface area contributed by atoms with Crippen LogP contribution >= 0.6 is 0 Å². The number of aryl methyl sites for hydroxylation is 1. The molecule has 0 spiro atoms. The number of anilines is 2. The number of hydrogen-bond donors (Lipinski definition) is 2. The Morgan fingerprint density at radius 2 is 1.81 bits per heavy atom. The van der Waals surface area contributed by atoms with Gasteiger partial charge in [-0.25, -0.2) is 9.97 Å². The highest BCUT2D eigenvalue weighted by molar-refractivity contribution is 5.95. The monoisotopic (exact) mass is 417 g/mol. The van der Waals surface area contributed by atoms with Crippen LogP contribution in [0, 0.1) is 6.92 Å². The molecule has 1 amide bonds. The average Bonchev–Trinajstić information content (AvgIpc) is 2.79. The highest BCUT2D eigenvalue weighted by Crippen LogP contribution is 2.22. The molecule has 0 aliphatic carbocycles. The molecule has 0 radical (unpaired) electrons. The van der Waals surface area contributed by atoms with Gasteiger partial charge in [0.1, 0.15) is 12.1 Å². The Kier molecular flexibility index (Phi) is 8.12. The van der Waals surface area contributed by atoms with Gasteiger partial charge in [-0.15, -0.1) is 0 Å². The standard InChI is InChI=1S/C25H31N5O/c1-4-30(5-2)14-8-13-26-25(31)21-11-7-12-22(16-21)29-24-17-23(27-18-28-24)20-10-6-9-19(3)15-20/h6-7,9-12,15-18H,4-5,8,13-14H2,1-3H3,(H,26,31)(H,27,28,29). The molecule has 0 aliphatic heterocycles. The van der Waals surface area contributed by atoms with Gasteiger partial charge in [0, 0.05) is 29.4 Å². The molecule has 1 heterocycles. The molecule has 0 saturated carbocycles. The first-order valence-electron chi connectivity index (χ1n) is 10.9. The fourth-order valence-electron chi connectivity index (χ4n) is 3.42. The van der Waals surface area contributed by atoms with Gasteiger partial charge in [0.25, 0.3) is 5.91 Å². The number of benzene rings is 2. The Morgan fingerprint density at radius 1 is 1.00 bits per heavy atom. The molecule has 0 saturated heterocycles. The summed E-state index contributed by atoms with van der Waals surface area (Å²) >= 11 is 0. The van der Waals surface area contributed by atoms with Gasteiger partial charge in [0.2, 0.25) is 0 Å². The van der Waals surface area contributed by atoms with E-state index in [1.54, 1.807) is 6.33 Å². The van der Waals surface area contributed by atoms with Crippen LogP contribution in [0.5, 0.6) is 0 Å². The van der Waals surface area contributed by atoms with Crippen LogP contribution in [0.3, 0.4) is 0 Å². The molecule has 2 aromatic carbocycles. The number of nitrogens with zero attached hydrogens (tertiary/aromatic N) is 3. The van der Waals surface area contributed by atoms with Crippen LogP contribution in [0.4, 0.5) is 11.5 Å². The summed E-state index contributed by atoms with van der Waals surface area (Å²) in [7, 11) is 0. The first kappa shape index (κ1) is 22.4. The minimum Gasteiger partial charge on any atom is -0.352 e. The topological polar surface area (TPSA) is 70.2 Å². The largest absolute Gasteiger partial charge is 0.352 e. The predicted octanol–water partition coefficient (Wildman–Crippen LogP) is 4.66. The Labute approximate surface area is 184 Å². The summed E-state index contributed by atoms with van der Waals surface area (Å²) in [6, 6.07) is 17.6. The number of amides is 1. The van der Waals surface area contributed by atoms with E-state index in [4.69, 9.17) is 0 Å². The lowest BCUT2D eigenvalue weighted by Crippen LogP contribution is -2.29. The number of rotatable bonds is 10. The second kappa shape index (κ2) is 11.2. The lowest BCUT2D eigenvalue weighted by molar-refractivity contribution is 0.0952. The van der Waals surface area contributed by atoms with E-state index in [2.05, 4.69) is 58.4 Å². The number of nitrogens with one attached hydrogen (secondary N) is 2. The van der Waals surface area contributed by atoms with Gasteiger partial charge in [-0.2, -0.15) is 0 Å². The van der Waals surface area contributed by atoms with E-state index < -0.39 is 0 Å². The second-order valence-electron chi connectivity index (χ2n) is 7.50. The molecule has 162 valence electrons. The molecule has 6 nitrogen and oxygen atoms in total. The first-order valence-corrected chi connectivity index (χ1v) is 10.9. The SMILES string of the molecule is CCN(CC)CCCNC(=O)c1cccc(Nc2cc(-c3cccc(C)c3)ncn2)c1. The second-order valence-corrected chi connectivity index (χ2v) is 7.50. The van der Waals surface area contributed by atoms with Crippen LogP contribution in [0.25, 0.3) is 11.3 Å². The number of carbonyl (C=O) groups is 1. The molecule has 0 bridgehead atoms. The molecule has 0 aliphatic rings. The van der Waals surface area contributed by atoms with Crippen molar-refractivity contribution < 1.29 is 4.79 Å². The zero-order valence-electron chi connectivity index (χ0n) is 18.6. The molecule has 0 unspecified atom stereocenters. The van der Waals surface area contributed by atoms with Crippen LogP contribution in [0.15, 0.2) is 60.9 Å². The highest BCUT2D eigenvalue weighted by atomic mass is 16.1. The highest BCUT2D eigenvalue weighted by Gasteiger charge is 2.08. The maximum atomic E-state index is 12.5. The predicted molar refractivity (Wildman–Crippen MR) is 127 cm³/mol. The third-order valence-electron chi connectivity index (χ3n) is 5.21. The molecular formula is C25H31N5O. The van der Waals surface area contributed by atoms with E-state index in [0.717, 1.165) is 43.0 Å². The first-order chi connectivity index (χ1) is 15.1. The smallest absolute Gasteiger partial charge is 0.251 e. The molecule has 0 atom stereocenters. The minimum atomic E-state index is -0.0636. The molecule has 1 aromatic heterocycles. The summed E-state index contributed by atoms with van der Waals surface area (Å²) in [5, 5.41) is 6.29. The third kappa shape index (κ3) is 6.62. The minimum absolute atomic E-state index is 0.0636.